The van der Waals surface area contributed by atoms with Crippen LogP contribution in [0.25, 0.3) is 5.82 Å². The summed E-state index contributed by atoms with van der Waals surface area (Å²) in [6.07, 6.45) is 4.27. The summed E-state index contributed by atoms with van der Waals surface area (Å²) in [4.78, 5) is 28.5. The number of carbonyl (C=O) groups is 2. The number of furan rings is 1. The largest absolute Gasteiger partial charge is 0.472 e. The monoisotopic (exact) mass is 353 g/mol. The number of aryl methyl sites for hydroxylation is 2. The van der Waals surface area contributed by atoms with E-state index in [9.17, 15) is 9.59 Å². The fraction of sp³-hybridized carbons (Fsp3) is 0.222. The molecule has 3 rings (SSSR count). The number of nitrogens with zero attached hydrogens (tertiary/aromatic N) is 3. The summed E-state index contributed by atoms with van der Waals surface area (Å²) >= 11 is 0. The minimum Gasteiger partial charge on any atom is -0.472 e. The number of anilines is 1. The van der Waals surface area contributed by atoms with Crippen molar-refractivity contribution in [2.24, 2.45) is 0 Å². The van der Waals surface area contributed by atoms with Crippen LogP contribution in [-0.4, -0.2) is 32.6 Å². The Morgan fingerprint density at radius 2 is 2.04 bits per heavy atom. The molecule has 0 aliphatic rings. The Bertz CT molecular complexity index is 913. The topological polar surface area (TPSA) is 102 Å². The standard InChI is InChI=1S/C18H19N5O3/c1-11-8-12(2)23(22-11)16-5-4-15(9-19-16)21-17(24)13(3)20-18(25)14-6-7-26-10-14/h4-10,13H,1-3H3,(H,20,25)(H,21,24)/t13-/m1/s1. The maximum Gasteiger partial charge on any atom is 0.255 e. The molecule has 0 aliphatic carbocycles. The fourth-order valence-electron chi connectivity index (χ4n) is 2.44. The van der Waals surface area contributed by atoms with Crippen LogP contribution >= 0.6 is 0 Å². The van der Waals surface area contributed by atoms with Gasteiger partial charge in [-0.1, -0.05) is 0 Å². The number of rotatable bonds is 5. The summed E-state index contributed by atoms with van der Waals surface area (Å²) in [5.74, 6) is -0.0585. The SMILES string of the molecule is Cc1cc(C)n(-c2ccc(NC(=O)[C@@H](C)NC(=O)c3ccoc3)cn2)n1. The van der Waals surface area contributed by atoms with E-state index in [0.717, 1.165) is 11.4 Å². The van der Waals surface area contributed by atoms with Crippen molar-refractivity contribution in [2.45, 2.75) is 26.8 Å². The predicted molar refractivity (Wildman–Crippen MR) is 95.1 cm³/mol. The highest BCUT2D eigenvalue weighted by atomic mass is 16.3. The Hall–Kier alpha value is -3.42. The Morgan fingerprint density at radius 1 is 1.23 bits per heavy atom. The van der Waals surface area contributed by atoms with Gasteiger partial charge in [0.25, 0.3) is 5.91 Å². The summed E-state index contributed by atoms with van der Waals surface area (Å²) in [5, 5.41) is 9.69. The molecule has 0 bridgehead atoms. The van der Waals surface area contributed by atoms with Crippen LogP contribution in [0.15, 0.2) is 47.4 Å². The maximum absolute atomic E-state index is 12.2. The Balaban J connectivity index is 1.62. The van der Waals surface area contributed by atoms with Crippen LogP contribution in [0.1, 0.15) is 28.7 Å². The second-order valence-corrected chi connectivity index (χ2v) is 5.94. The number of hydrogen-bond donors (Lipinski definition) is 2. The number of amides is 2. The van der Waals surface area contributed by atoms with Gasteiger partial charge in [0, 0.05) is 5.69 Å². The van der Waals surface area contributed by atoms with E-state index in [1.807, 2.05) is 19.9 Å². The molecule has 0 radical (unpaired) electrons. The first-order valence-electron chi connectivity index (χ1n) is 8.07. The van der Waals surface area contributed by atoms with Gasteiger partial charge in [-0.15, -0.1) is 0 Å². The molecule has 26 heavy (non-hydrogen) atoms. The zero-order valence-corrected chi connectivity index (χ0v) is 14.7. The molecule has 0 aromatic carbocycles. The fourth-order valence-corrected chi connectivity index (χ4v) is 2.44. The highest BCUT2D eigenvalue weighted by Crippen LogP contribution is 2.13. The zero-order chi connectivity index (χ0) is 18.7. The third kappa shape index (κ3) is 3.80. The maximum atomic E-state index is 12.2. The molecule has 0 saturated heterocycles. The van der Waals surface area contributed by atoms with Gasteiger partial charge in [-0.05, 0) is 45.0 Å². The number of carbonyl (C=O) groups excluding carboxylic acids is 2. The highest BCUT2D eigenvalue weighted by molar-refractivity contribution is 6.00. The van der Waals surface area contributed by atoms with Crippen LogP contribution in [0.3, 0.4) is 0 Å². The van der Waals surface area contributed by atoms with E-state index in [2.05, 4.69) is 20.7 Å². The first-order valence-corrected chi connectivity index (χ1v) is 8.07. The van der Waals surface area contributed by atoms with E-state index in [1.165, 1.54) is 18.6 Å². The number of aromatic nitrogens is 3. The van der Waals surface area contributed by atoms with Crippen molar-refractivity contribution in [3.8, 4) is 5.82 Å². The first kappa shape index (κ1) is 17.4. The van der Waals surface area contributed by atoms with Crippen LogP contribution in [0.2, 0.25) is 0 Å². The lowest BCUT2D eigenvalue weighted by Gasteiger charge is -2.13. The van der Waals surface area contributed by atoms with Crippen LogP contribution in [0, 0.1) is 13.8 Å². The molecule has 3 heterocycles. The molecule has 2 amide bonds. The second kappa shape index (κ2) is 7.22. The van der Waals surface area contributed by atoms with Crippen molar-refractivity contribution in [3.63, 3.8) is 0 Å². The minimum absolute atomic E-state index is 0.345. The van der Waals surface area contributed by atoms with E-state index in [1.54, 1.807) is 29.9 Å². The van der Waals surface area contributed by atoms with Gasteiger partial charge < -0.3 is 15.1 Å². The van der Waals surface area contributed by atoms with Gasteiger partial charge in [0.1, 0.15) is 12.3 Å². The number of pyridine rings is 1. The quantitative estimate of drug-likeness (QED) is 0.732. The Kier molecular flexibility index (Phi) is 4.83. The lowest BCUT2D eigenvalue weighted by atomic mass is 10.2. The molecule has 0 unspecified atom stereocenters. The van der Waals surface area contributed by atoms with E-state index < -0.39 is 6.04 Å². The normalized spacial score (nSPS) is 11.8. The molecule has 0 fully saturated rings. The van der Waals surface area contributed by atoms with Crippen LogP contribution < -0.4 is 10.6 Å². The van der Waals surface area contributed by atoms with Crippen LogP contribution in [-0.2, 0) is 4.79 Å². The molecule has 3 aromatic heterocycles. The van der Waals surface area contributed by atoms with Crippen molar-refractivity contribution in [1.82, 2.24) is 20.1 Å². The number of hydrogen-bond acceptors (Lipinski definition) is 5. The molecule has 0 spiro atoms. The summed E-state index contributed by atoms with van der Waals surface area (Å²) in [6.45, 7) is 5.46. The van der Waals surface area contributed by atoms with Crippen molar-refractivity contribution >= 4 is 17.5 Å². The number of nitrogens with one attached hydrogen (secondary N) is 2. The summed E-state index contributed by atoms with van der Waals surface area (Å²) in [5.41, 5.74) is 2.77. The van der Waals surface area contributed by atoms with Gasteiger partial charge in [-0.25, -0.2) is 9.67 Å². The molecule has 8 heteroatoms. The molecule has 1 atom stereocenters. The summed E-state index contributed by atoms with van der Waals surface area (Å²) in [7, 11) is 0. The van der Waals surface area contributed by atoms with Gasteiger partial charge in [0.15, 0.2) is 5.82 Å². The van der Waals surface area contributed by atoms with Gasteiger partial charge >= 0.3 is 0 Å². The van der Waals surface area contributed by atoms with Crippen molar-refractivity contribution in [3.05, 3.63) is 59.9 Å². The molecular formula is C18H19N5O3. The van der Waals surface area contributed by atoms with E-state index in [4.69, 9.17) is 4.42 Å². The predicted octanol–water partition coefficient (Wildman–Crippen LogP) is 2.23. The van der Waals surface area contributed by atoms with Gasteiger partial charge in [-0.2, -0.15) is 5.10 Å². The third-order valence-corrected chi connectivity index (χ3v) is 3.77. The zero-order valence-electron chi connectivity index (χ0n) is 14.7. The molecule has 134 valence electrons. The van der Waals surface area contributed by atoms with E-state index >= 15 is 0 Å². The lowest BCUT2D eigenvalue weighted by molar-refractivity contribution is -0.117. The van der Waals surface area contributed by atoms with Gasteiger partial charge in [0.2, 0.25) is 5.91 Å². The molecule has 8 nitrogen and oxygen atoms in total. The van der Waals surface area contributed by atoms with Gasteiger partial charge in [0.05, 0.1) is 29.4 Å². The third-order valence-electron chi connectivity index (χ3n) is 3.77. The molecule has 2 N–H and O–H groups in total. The van der Waals surface area contributed by atoms with Crippen molar-refractivity contribution in [2.75, 3.05) is 5.32 Å². The summed E-state index contributed by atoms with van der Waals surface area (Å²) < 4.78 is 6.58. The average Bonchev–Trinajstić information content (AvgIpc) is 3.25. The van der Waals surface area contributed by atoms with E-state index in [0.29, 0.717) is 17.1 Å². The molecular weight excluding hydrogens is 334 g/mol. The first-order chi connectivity index (χ1) is 12.4. The van der Waals surface area contributed by atoms with Crippen LogP contribution in [0.5, 0.6) is 0 Å². The molecule has 3 aromatic rings. The summed E-state index contributed by atoms with van der Waals surface area (Å²) in [6, 6.07) is 6.28. The smallest absolute Gasteiger partial charge is 0.255 e. The molecule has 0 saturated carbocycles. The minimum atomic E-state index is -0.715. The van der Waals surface area contributed by atoms with Crippen molar-refractivity contribution in [1.29, 1.82) is 0 Å². The molecule has 0 aliphatic heterocycles. The Labute approximate surface area is 150 Å². The second-order valence-electron chi connectivity index (χ2n) is 5.94. The van der Waals surface area contributed by atoms with E-state index in [-0.39, 0.29) is 11.8 Å². The average molecular weight is 353 g/mol. The lowest BCUT2D eigenvalue weighted by Crippen LogP contribution is -2.41. The van der Waals surface area contributed by atoms with Crippen molar-refractivity contribution < 1.29 is 14.0 Å². The van der Waals surface area contributed by atoms with Gasteiger partial charge in [-0.3, -0.25) is 9.59 Å². The van der Waals surface area contributed by atoms with Crippen LogP contribution in [0.4, 0.5) is 5.69 Å². The highest BCUT2D eigenvalue weighted by Gasteiger charge is 2.17. The Morgan fingerprint density at radius 3 is 2.62 bits per heavy atom.